The fraction of sp³-hybridized carbons (Fsp3) is 0.708. The first-order valence-corrected chi connectivity index (χ1v) is 12.5. The number of halogens is 2. The first-order chi connectivity index (χ1) is 13.8. The number of nitrogens with zero attached hydrogens (tertiary/aromatic N) is 2. The molecule has 1 aliphatic heterocycles. The fourth-order valence-corrected chi connectivity index (χ4v) is 7.62. The average Bonchev–Trinajstić information content (AvgIpc) is 3.44. The molecule has 30 heavy (non-hydrogen) atoms. The molecule has 3 nitrogen and oxygen atoms in total. The molecule has 1 aromatic carbocycles. The Hall–Kier alpha value is -0.550. The molecule has 1 N–H and O–H groups in total. The number of fused-ring (bicyclic) bond motifs is 2. The van der Waals surface area contributed by atoms with Crippen LogP contribution in [0.15, 0.2) is 12.1 Å². The predicted molar refractivity (Wildman–Crippen MR) is 133 cm³/mol. The Morgan fingerprint density at radius 2 is 2.03 bits per heavy atom. The molecule has 4 aliphatic rings. The zero-order valence-corrected chi connectivity index (χ0v) is 20.4. The summed E-state index contributed by atoms with van der Waals surface area (Å²) in [7, 11) is 0. The zero-order valence-electron chi connectivity index (χ0n) is 18.0. The summed E-state index contributed by atoms with van der Waals surface area (Å²) in [5, 5.41) is 4.62. The predicted octanol–water partition coefficient (Wildman–Crippen LogP) is 6.43. The molecule has 6 heteroatoms. The Morgan fingerprint density at radius 3 is 2.83 bits per heavy atom. The topological polar surface area (TPSA) is 28.2 Å². The van der Waals surface area contributed by atoms with E-state index in [4.69, 9.17) is 4.98 Å². The maximum atomic E-state index is 4.96. The van der Waals surface area contributed by atoms with E-state index in [1.165, 1.54) is 74.7 Å². The minimum atomic E-state index is 0. The molecular weight excluding hydrogens is 433 g/mol. The van der Waals surface area contributed by atoms with E-state index in [-0.39, 0.29) is 24.8 Å². The van der Waals surface area contributed by atoms with Gasteiger partial charge in [-0.15, -0.1) is 24.8 Å². The number of likely N-dealkylation sites (tertiary alicyclic amines) is 1. The molecule has 3 atom stereocenters. The van der Waals surface area contributed by atoms with E-state index in [0.717, 1.165) is 36.0 Å². The van der Waals surface area contributed by atoms with Gasteiger partial charge in [0.05, 0.1) is 10.2 Å². The summed E-state index contributed by atoms with van der Waals surface area (Å²) < 4.78 is 1.38. The number of anilines is 1. The van der Waals surface area contributed by atoms with Crippen LogP contribution < -0.4 is 5.32 Å². The smallest absolute Gasteiger partial charge is 0.183 e. The van der Waals surface area contributed by atoms with Crippen LogP contribution in [-0.2, 0) is 11.8 Å². The highest BCUT2D eigenvalue weighted by Gasteiger charge is 2.54. The lowest BCUT2D eigenvalue weighted by molar-refractivity contribution is -0.0132. The van der Waals surface area contributed by atoms with Crippen molar-refractivity contribution in [3.05, 3.63) is 23.3 Å². The van der Waals surface area contributed by atoms with Gasteiger partial charge in [0.2, 0.25) is 0 Å². The van der Waals surface area contributed by atoms with Gasteiger partial charge in [-0.3, -0.25) is 4.90 Å². The monoisotopic (exact) mass is 467 g/mol. The van der Waals surface area contributed by atoms with Crippen molar-refractivity contribution >= 4 is 51.5 Å². The van der Waals surface area contributed by atoms with Crippen LogP contribution in [0.2, 0.25) is 0 Å². The molecular formula is C24H35Cl2N3S. The van der Waals surface area contributed by atoms with Gasteiger partial charge in [0, 0.05) is 24.5 Å². The Morgan fingerprint density at radius 1 is 1.17 bits per heavy atom. The van der Waals surface area contributed by atoms with Gasteiger partial charge >= 0.3 is 0 Å². The average molecular weight is 469 g/mol. The Labute approximate surface area is 197 Å². The summed E-state index contributed by atoms with van der Waals surface area (Å²) in [6.07, 6.45) is 12.5. The van der Waals surface area contributed by atoms with Crippen LogP contribution in [0.1, 0.15) is 69.4 Å². The van der Waals surface area contributed by atoms with Gasteiger partial charge in [0.25, 0.3) is 0 Å². The van der Waals surface area contributed by atoms with Crippen LogP contribution in [0.25, 0.3) is 10.2 Å². The van der Waals surface area contributed by atoms with Crippen molar-refractivity contribution in [2.24, 2.45) is 11.8 Å². The molecule has 3 fully saturated rings. The van der Waals surface area contributed by atoms with Crippen LogP contribution in [-0.4, -0.2) is 35.6 Å². The van der Waals surface area contributed by atoms with Gasteiger partial charge in [-0.2, -0.15) is 0 Å². The Kier molecular flexibility index (Phi) is 6.62. The van der Waals surface area contributed by atoms with E-state index in [9.17, 15) is 0 Å². The first kappa shape index (κ1) is 22.6. The molecule has 0 radical (unpaired) electrons. The van der Waals surface area contributed by atoms with Crippen molar-refractivity contribution in [1.29, 1.82) is 0 Å². The van der Waals surface area contributed by atoms with E-state index >= 15 is 0 Å². The number of nitrogens with one attached hydrogen (secondary N) is 1. The molecule has 3 aliphatic carbocycles. The molecule has 6 rings (SSSR count). The molecule has 1 saturated heterocycles. The standard InChI is InChI=1S/C24H33N3S.2ClH/c1-2-10-25-23-26-20-14-19-17(13-22(20)28-23)12-21-18-5-3-4-8-24(18,19)9-11-27(21)15-16-6-7-16;;/h13-14,16,18,21H,2-12,15H2,1H3,(H,25,26);2*1H/t18-,21+,24+;;/m0../s1. The van der Waals surface area contributed by atoms with Crippen LogP contribution >= 0.6 is 36.2 Å². The van der Waals surface area contributed by atoms with Gasteiger partial charge in [0.15, 0.2) is 5.13 Å². The molecule has 0 unspecified atom stereocenters. The quantitative estimate of drug-likeness (QED) is 0.548. The molecule has 2 aromatic rings. The molecule has 2 heterocycles. The summed E-state index contributed by atoms with van der Waals surface area (Å²) >= 11 is 1.85. The van der Waals surface area contributed by atoms with E-state index in [0.29, 0.717) is 5.41 Å². The SMILES string of the molecule is CCCNc1nc2cc3c(cc2s1)C[C@@H]1[C@@H]2CCCC[C@]32CCN1CC1CC1.Cl.Cl. The summed E-state index contributed by atoms with van der Waals surface area (Å²) in [5.74, 6) is 1.89. The van der Waals surface area contributed by atoms with Crippen molar-refractivity contribution < 1.29 is 0 Å². The lowest BCUT2D eigenvalue weighted by atomic mass is 9.52. The third-order valence-electron chi connectivity index (χ3n) is 8.17. The number of hydrogen-bond donors (Lipinski definition) is 1. The van der Waals surface area contributed by atoms with Gasteiger partial charge in [-0.25, -0.2) is 4.98 Å². The summed E-state index contributed by atoms with van der Waals surface area (Å²) in [6.45, 7) is 5.94. The minimum Gasteiger partial charge on any atom is -0.361 e. The summed E-state index contributed by atoms with van der Waals surface area (Å²) in [5.41, 5.74) is 5.03. The largest absolute Gasteiger partial charge is 0.361 e. The number of benzene rings is 1. The normalized spacial score (nSPS) is 30.0. The van der Waals surface area contributed by atoms with Crippen molar-refractivity contribution in [2.45, 2.75) is 76.2 Å². The second-order valence-corrected chi connectivity index (χ2v) is 10.9. The number of thiazole rings is 1. The van der Waals surface area contributed by atoms with Gasteiger partial charge in [-0.1, -0.05) is 31.1 Å². The highest BCUT2D eigenvalue weighted by Crippen LogP contribution is 2.56. The molecule has 1 aromatic heterocycles. The van der Waals surface area contributed by atoms with Crippen LogP contribution in [0, 0.1) is 11.8 Å². The second-order valence-electron chi connectivity index (χ2n) is 9.89. The van der Waals surface area contributed by atoms with Crippen molar-refractivity contribution in [2.75, 3.05) is 25.0 Å². The van der Waals surface area contributed by atoms with Crippen molar-refractivity contribution in [1.82, 2.24) is 9.88 Å². The van der Waals surface area contributed by atoms with E-state index < -0.39 is 0 Å². The highest BCUT2D eigenvalue weighted by atomic mass is 35.5. The number of piperidine rings is 1. The van der Waals surface area contributed by atoms with E-state index in [1.54, 1.807) is 11.1 Å². The van der Waals surface area contributed by atoms with E-state index in [1.807, 2.05) is 11.3 Å². The lowest BCUT2D eigenvalue weighted by Gasteiger charge is -2.59. The summed E-state index contributed by atoms with van der Waals surface area (Å²) in [6, 6.07) is 5.84. The third kappa shape index (κ3) is 3.66. The van der Waals surface area contributed by atoms with E-state index in [2.05, 4.69) is 29.3 Å². The van der Waals surface area contributed by atoms with Crippen molar-refractivity contribution in [3.8, 4) is 0 Å². The van der Waals surface area contributed by atoms with Gasteiger partial charge < -0.3 is 5.32 Å². The minimum absolute atomic E-state index is 0. The number of hydrogen-bond acceptors (Lipinski definition) is 4. The van der Waals surface area contributed by atoms with Gasteiger partial charge in [0.1, 0.15) is 0 Å². The summed E-state index contributed by atoms with van der Waals surface area (Å²) in [4.78, 5) is 7.87. The van der Waals surface area contributed by atoms with Gasteiger partial charge in [-0.05, 0) is 86.6 Å². The number of aromatic nitrogens is 1. The maximum Gasteiger partial charge on any atom is 0.183 e. The van der Waals surface area contributed by atoms with Crippen LogP contribution in [0.3, 0.4) is 0 Å². The molecule has 2 bridgehead atoms. The lowest BCUT2D eigenvalue weighted by Crippen LogP contribution is -2.61. The Balaban J connectivity index is 0.00000109. The Bertz CT molecular complexity index is 896. The molecule has 166 valence electrons. The second kappa shape index (κ2) is 8.77. The fourth-order valence-electron chi connectivity index (χ4n) is 6.68. The van der Waals surface area contributed by atoms with Crippen molar-refractivity contribution in [3.63, 3.8) is 0 Å². The zero-order chi connectivity index (χ0) is 18.7. The maximum absolute atomic E-state index is 4.96. The van der Waals surface area contributed by atoms with Crippen LogP contribution in [0.5, 0.6) is 0 Å². The molecule has 0 spiro atoms. The third-order valence-corrected chi connectivity index (χ3v) is 9.15. The number of rotatable bonds is 5. The molecule has 2 saturated carbocycles. The highest BCUT2D eigenvalue weighted by molar-refractivity contribution is 7.22. The van der Waals surface area contributed by atoms with Crippen LogP contribution in [0.4, 0.5) is 5.13 Å². The molecule has 0 amide bonds. The first-order valence-electron chi connectivity index (χ1n) is 11.7.